The lowest BCUT2D eigenvalue weighted by Crippen LogP contribution is -2.32. The van der Waals surface area contributed by atoms with E-state index in [4.69, 9.17) is 4.74 Å². The molecule has 2 rings (SSSR count). The lowest BCUT2D eigenvalue weighted by molar-refractivity contribution is -0.00293. The Morgan fingerprint density at radius 1 is 1.41 bits per heavy atom. The first-order valence-corrected chi connectivity index (χ1v) is 10.3. The van der Waals surface area contributed by atoms with Crippen LogP contribution in [0, 0.1) is 5.92 Å². The maximum atomic E-state index is 12.1. The van der Waals surface area contributed by atoms with Gasteiger partial charge in [0.25, 0.3) is 5.91 Å². The first-order chi connectivity index (χ1) is 10.4. The summed E-state index contributed by atoms with van der Waals surface area (Å²) < 4.78 is 29.0. The molecule has 0 bridgehead atoms. The van der Waals surface area contributed by atoms with Crippen molar-refractivity contribution in [1.29, 1.82) is 0 Å². The van der Waals surface area contributed by atoms with Crippen LogP contribution in [0.25, 0.3) is 0 Å². The van der Waals surface area contributed by atoms with Crippen molar-refractivity contribution >= 4 is 27.1 Å². The summed E-state index contributed by atoms with van der Waals surface area (Å²) in [6.07, 6.45) is 6.14. The molecule has 1 heterocycles. The molecule has 1 aliphatic carbocycles. The lowest BCUT2D eigenvalue weighted by atomic mass is 9.88. The molecular formula is C15H23NO4S2. The van der Waals surface area contributed by atoms with E-state index in [1.54, 1.807) is 5.38 Å². The van der Waals surface area contributed by atoms with E-state index in [0.29, 0.717) is 19.1 Å². The first-order valence-electron chi connectivity index (χ1n) is 7.57. The first kappa shape index (κ1) is 17.4. The monoisotopic (exact) mass is 345 g/mol. The Labute approximate surface area is 136 Å². The standard InChI is InChI=1S/C15H23NO4S2/c1-11-5-3-4-6-12(11)20-9-8-16-15(17)14-13(7-10-21-14)22(2,18)19/h7,10-12H,3-6,8-9H2,1-2H3,(H,16,17). The van der Waals surface area contributed by atoms with Gasteiger partial charge in [-0.2, -0.15) is 0 Å². The topological polar surface area (TPSA) is 72.5 Å². The van der Waals surface area contributed by atoms with Gasteiger partial charge in [0.15, 0.2) is 9.84 Å². The maximum Gasteiger partial charge on any atom is 0.262 e. The molecule has 1 aromatic heterocycles. The number of amides is 1. The lowest BCUT2D eigenvalue weighted by Gasteiger charge is -2.28. The van der Waals surface area contributed by atoms with Crippen LogP contribution in [-0.4, -0.2) is 39.8 Å². The Kier molecular flexibility index (Phi) is 6.00. The maximum absolute atomic E-state index is 12.1. The molecule has 2 unspecified atom stereocenters. The third kappa shape index (κ3) is 4.54. The van der Waals surface area contributed by atoms with Gasteiger partial charge in [0.2, 0.25) is 0 Å². The molecule has 7 heteroatoms. The number of nitrogens with one attached hydrogen (secondary N) is 1. The highest BCUT2D eigenvalue weighted by Crippen LogP contribution is 2.26. The van der Waals surface area contributed by atoms with Crippen LogP contribution in [0.5, 0.6) is 0 Å². The second kappa shape index (κ2) is 7.57. The van der Waals surface area contributed by atoms with E-state index < -0.39 is 9.84 Å². The molecular weight excluding hydrogens is 322 g/mol. The van der Waals surface area contributed by atoms with E-state index in [2.05, 4.69) is 12.2 Å². The van der Waals surface area contributed by atoms with Gasteiger partial charge < -0.3 is 10.1 Å². The second-order valence-electron chi connectivity index (χ2n) is 5.81. The molecule has 1 aromatic rings. The molecule has 0 aliphatic heterocycles. The molecule has 1 fully saturated rings. The van der Waals surface area contributed by atoms with Crippen LogP contribution in [0.2, 0.25) is 0 Å². The Morgan fingerprint density at radius 2 is 2.14 bits per heavy atom. The van der Waals surface area contributed by atoms with Crippen molar-refractivity contribution in [3.8, 4) is 0 Å². The summed E-state index contributed by atoms with van der Waals surface area (Å²) >= 11 is 1.14. The molecule has 22 heavy (non-hydrogen) atoms. The van der Waals surface area contributed by atoms with Gasteiger partial charge in [0, 0.05) is 12.8 Å². The van der Waals surface area contributed by atoms with Crippen LogP contribution in [0.3, 0.4) is 0 Å². The molecule has 1 amide bonds. The van der Waals surface area contributed by atoms with Crippen molar-refractivity contribution in [3.05, 3.63) is 16.3 Å². The van der Waals surface area contributed by atoms with Crippen molar-refractivity contribution in [3.63, 3.8) is 0 Å². The molecule has 124 valence electrons. The van der Waals surface area contributed by atoms with E-state index in [0.717, 1.165) is 24.0 Å². The highest BCUT2D eigenvalue weighted by atomic mass is 32.2. The Bertz CT molecular complexity index is 609. The molecule has 1 aliphatic rings. The minimum Gasteiger partial charge on any atom is -0.376 e. The average Bonchev–Trinajstić information content (AvgIpc) is 2.94. The molecule has 0 radical (unpaired) electrons. The zero-order valence-electron chi connectivity index (χ0n) is 13.0. The summed E-state index contributed by atoms with van der Waals surface area (Å²) in [5.41, 5.74) is 0. The zero-order valence-corrected chi connectivity index (χ0v) is 14.6. The Hall–Kier alpha value is -0.920. The summed E-state index contributed by atoms with van der Waals surface area (Å²) in [5.74, 6) is 0.217. The largest absolute Gasteiger partial charge is 0.376 e. The van der Waals surface area contributed by atoms with Gasteiger partial charge in [-0.15, -0.1) is 11.3 Å². The zero-order chi connectivity index (χ0) is 16.2. The Morgan fingerprint density at radius 3 is 2.82 bits per heavy atom. The molecule has 0 saturated heterocycles. The van der Waals surface area contributed by atoms with Crippen LogP contribution >= 0.6 is 11.3 Å². The number of hydrogen-bond donors (Lipinski definition) is 1. The molecule has 2 atom stereocenters. The van der Waals surface area contributed by atoms with Gasteiger partial charge in [-0.05, 0) is 30.2 Å². The molecule has 5 nitrogen and oxygen atoms in total. The van der Waals surface area contributed by atoms with E-state index in [-0.39, 0.29) is 21.8 Å². The predicted molar refractivity (Wildman–Crippen MR) is 87.1 cm³/mol. The minimum absolute atomic E-state index is 0.0943. The predicted octanol–water partition coefficient (Wildman–Crippen LogP) is 2.48. The summed E-state index contributed by atoms with van der Waals surface area (Å²) in [5, 5.41) is 4.35. The van der Waals surface area contributed by atoms with E-state index in [9.17, 15) is 13.2 Å². The fraction of sp³-hybridized carbons (Fsp3) is 0.667. The third-order valence-corrected chi connectivity index (χ3v) is 6.17. The number of sulfone groups is 1. The highest BCUT2D eigenvalue weighted by Gasteiger charge is 2.22. The van der Waals surface area contributed by atoms with Crippen molar-refractivity contribution < 1.29 is 17.9 Å². The summed E-state index contributed by atoms with van der Waals surface area (Å²) in [6.45, 7) is 3.05. The van der Waals surface area contributed by atoms with Crippen LogP contribution in [0.4, 0.5) is 0 Å². The summed E-state index contributed by atoms with van der Waals surface area (Å²) in [6, 6.07) is 1.47. The summed E-state index contributed by atoms with van der Waals surface area (Å²) in [4.78, 5) is 12.4. The number of carbonyl (C=O) groups excluding carboxylic acids is 1. The number of carbonyl (C=O) groups is 1. The fourth-order valence-electron chi connectivity index (χ4n) is 2.74. The van der Waals surface area contributed by atoms with Gasteiger partial charge in [0.05, 0.1) is 17.6 Å². The van der Waals surface area contributed by atoms with Crippen molar-refractivity contribution in [2.45, 2.75) is 43.6 Å². The van der Waals surface area contributed by atoms with Gasteiger partial charge in [-0.3, -0.25) is 4.79 Å². The SMILES string of the molecule is CC1CCCCC1OCCNC(=O)c1sccc1S(C)(=O)=O. The van der Waals surface area contributed by atoms with Crippen LogP contribution in [0.1, 0.15) is 42.3 Å². The number of thiophene rings is 1. The van der Waals surface area contributed by atoms with Crippen molar-refractivity contribution in [2.75, 3.05) is 19.4 Å². The van der Waals surface area contributed by atoms with Gasteiger partial charge in [-0.25, -0.2) is 8.42 Å². The van der Waals surface area contributed by atoms with E-state index in [1.165, 1.54) is 25.3 Å². The second-order valence-corrected chi connectivity index (χ2v) is 8.71. The summed E-state index contributed by atoms with van der Waals surface area (Å²) in [7, 11) is -3.37. The van der Waals surface area contributed by atoms with Gasteiger partial charge in [0.1, 0.15) is 4.88 Å². The average molecular weight is 345 g/mol. The van der Waals surface area contributed by atoms with Crippen LogP contribution < -0.4 is 5.32 Å². The van der Waals surface area contributed by atoms with Crippen molar-refractivity contribution in [1.82, 2.24) is 5.32 Å². The van der Waals surface area contributed by atoms with Crippen molar-refractivity contribution in [2.24, 2.45) is 5.92 Å². The molecule has 1 N–H and O–H groups in total. The third-order valence-electron chi connectivity index (χ3n) is 3.99. The number of hydrogen-bond acceptors (Lipinski definition) is 5. The van der Waals surface area contributed by atoms with E-state index in [1.807, 2.05) is 0 Å². The normalized spacial score (nSPS) is 22.5. The Balaban J connectivity index is 1.80. The molecule has 1 saturated carbocycles. The van der Waals surface area contributed by atoms with Gasteiger partial charge in [-0.1, -0.05) is 19.8 Å². The minimum atomic E-state index is -3.37. The molecule has 0 aromatic carbocycles. The molecule has 0 spiro atoms. The smallest absolute Gasteiger partial charge is 0.262 e. The quantitative estimate of drug-likeness (QED) is 0.804. The van der Waals surface area contributed by atoms with E-state index >= 15 is 0 Å². The van der Waals surface area contributed by atoms with Gasteiger partial charge >= 0.3 is 0 Å². The van der Waals surface area contributed by atoms with Crippen LogP contribution in [0.15, 0.2) is 16.3 Å². The highest BCUT2D eigenvalue weighted by molar-refractivity contribution is 7.91. The number of ether oxygens (including phenoxy) is 1. The van der Waals surface area contributed by atoms with Crippen LogP contribution in [-0.2, 0) is 14.6 Å². The number of rotatable bonds is 6. The fourth-order valence-corrected chi connectivity index (χ4v) is 4.87.